The molecule has 2 heterocycles. The van der Waals surface area contributed by atoms with Crippen molar-refractivity contribution < 1.29 is 14.4 Å². The molecular formula is C15H18N6O3. The molecule has 1 aliphatic rings. The van der Waals surface area contributed by atoms with Crippen molar-refractivity contribution in [2.75, 3.05) is 5.32 Å². The molecule has 2 rings (SSSR count). The van der Waals surface area contributed by atoms with Crippen LogP contribution in [0.5, 0.6) is 0 Å². The van der Waals surface area contributed by atoms with Crippen molar-refractivity contribution in [3.8, 4) is 0 Å². The predicted molar refractivity (Wildman–Crippen MR) is 89.0 cm³/mol. The van der Waals surface area contributed by atoms with Crippen molar-refractivity contribution in [3.63, 3.8) is 0 Å². The van der Waals surface area contributed by atoms with Crippen LogP contribution in [0, 0.1) is 6.92 Å². The van der Waals surface area contributed by atoms with Crippen molar-refractivity contribution in [2.45, 2.75) is 33.7 Å². The third kappa shape index (κ3) is 3.62. The molecule has 24 heavy (non-hydrogen) atoms. The lowest BCUT2D eigenvalue weighted by atomic mass is 10.2. The van der Waals surface area contributed by atoms with Crippen LogP contribution in [0.2, 0.25) is 0 Å². The molecule has 0 spiro atoms. The van der Waals surface area contributed by atoms with Gasteiger partial charge in [-0.25, -0.2) is 4.99 Å². The fraction of sp³-hybridized carbons (Fsp3) is 0.333. The summed E-state index contributed by atoms with van der Waals surface area (Å²) in [6.45, 7) is 10.4. The first-order valence-electron chi connectivity index (χ1n) is 7.25. The summed E-state index contributed by atoms with van der Waals surface area (Å²) in [5.41, 5.74) is 1.17. The molecule has 0 fully saturated rings. The van der Waals surface area contributed by atoms with Crippen LogP contribution in [-0.2, 0) is 14.4 Å². The van der Waals surface area contributed by atoms with Crippen molar-refractivity contribution in [1.29, 1.82) is 0 Å². The largest absolute Gasteiger partial charge is 0.346 e. The number of aromatic nitrogens is 2. The molecule has 1 aromatic heterocycles. The molecule has 0 bridgehead atoms. The second-order valence-corrected chi connectivity index (χ2v) is 5.56. The normalized spacial score (nSPS) is 14.4. The number of aryl methyl sites for hydroxylation is 1. The van der Waals surface area contributed by atoms with Crippen LogP contribution in [0.1, 0.15) is 26.5 Å². The van der Waals surface area contributed by atoms with Crippen molar-refractivity contribution in [2.24, 2.45) is 9.98 Å². The highest BCUT2D eigenvalue weighted by Gasteiger charge is 2.23. The standard InChI is InChI=1S/C15H18N6O3/c1-7(2)16-13(23)14(24)18-11-6-8(3)20-21(11)15-17-10(5)9(4)12(22)19-15/h6-7H,4H2,1-3,5H3,(H,16,23)(H,18,24). The van der Waals surface area contributed by atoms with Gasteiger partial charge in [-0.15, -0.1) is 0 Å². The molecule has 0 saturated carbocycles. The molecule has 0 saturated heterocycles. The van der Waals surface area contributed by atoms with E-state index in [0.29, 0.717) is 11.4 Å². The molecule has 126 valence electrons. The third-order valence-electron chi connectivity index (χ3n) is 3.05. The molecule has 9 nitrogen and oxygen atoms in total. The fourth-order valence-corrected chi connectivity index (χ4v) is 1.89. The molecule has 3 amide bonds. The Morgan fingerprint density at radius 3 is 2.46 bits per heavy atom. The second kappa shape index (κ2) is 6.57. The van der Waals surface area contributed by atoms with E-state index in [0.717, 1.165) is 0 Å². The Morgan fingerprint density at radius 1 is 1.21 bits per heavy atom. The fourth-order valence-electron chi connectivity index (χ4n) is 1.89. The summed E-state index contributed by atoms with van der Waals surface area (Å²) >= 11 is 0. The van der Waals surface area contributed by atoms with E-state index in [1.165, 1.54) is 4.68 Å². The molecule has 1 aromatic rings. The van der Waals surface area contributed by atoms with E-state index in [1.807, 2.05) is 0 Å². The highest BCUT2D eigenvalue weighted by atomic mass is 16.2. The van der Waals surface area contributed by atoms with E-state index in [2.05, 4.69) is 32.3 Å². The summed E-state index contributed by atoms with van der Waals surface area (Å²) < 4.78 is 1.20. The van der Waals surface area contributed by atoms with Gasteiger partial charge in [-0.1, -0.05) is 6.58 Å². The van der Waals surface area contributed by atoms with Crippen LogP contribution >= 0.6 is 0 Å². The number of amides is 3. The molecule has 0 radical (unpaired) electrons. The summed E-state index contributed by atoms with van der Waals surface area (Å²) in [5.74, 6) is -1.96. The van der Waals surface area contributed by atoms with E-state index in [1.54, 1.807) is 33.8 Å². The minimum absolute atomic E-state index is 0.00225. The van der Waals surface area contributed by atoms with Gasteiger partial charge in [-0.2, -0.15) is 14.8 Å². The van der Waals surface area contributed by atoms with Crippen LogP contribution in [-0.4, -0.2) is 45.2 Å². The van der Waals surface area contributed by atoms with E-state index < -0.39 is 17.7 Å². The van der Waals surface area contributed by atoms with E-state index in [4.69, 9.17) is 0 Å². The monoisotopic (exact) mass is 330 g/mol. The van der Waals surface area contributed by atoms with Gasteiger partial charge in [-0.05, 0) is 27.7 Å². The van der Waals surface area contributed by atoms with Crippen molar-refractivity contribution >= 4 is 35.2 Å². The molecule has 1 aliphatic heterocycles. The zero-order chi connectivity index (χ0) is 18.0. The SMILES string of the molecule is C=C1C(=O)N=C(n2nc(C)cc2NC(=O)C(=O)NC(C)C)N=C1C. The van der Waals surface area contributed by atoms with Gasteiger partial charge >= 0.3 is 11.8 Å². The number of hydrogen-bond donors (Lipinski definition) is 2. The molecule has 0 unspecified atom stereocenters. The minimum Gasteiger partial charge on any atom is -0.346 e. The Kier molecular flexibility index (Phi) is 4.72. The van der Waals surface area contributed by atoms with Crippen LogP contribution < -0.4 is 10.6 Å². The van der Waals surface area contributed by atoms with Gasteiger partial charge in [0, 0.05) is 12.1 Å². The molecule has 0 aliphatic carbocycles. The van der Waals surface area contributed by atoms with E-state index in [9.17, 15) is 14.4 Å². The highest BCUT2D eigenvalue weighted by Crippen LogP contribution is 2.14. The van der Waals surface area contributed by atoms with Crippen LogP contribution in [0.25, 0.3) is 0 Å². The highest BCUT2D eigenvalue weighted by molar-refractivity contribution is 6.39. The summed E-state index contributed by atoms with van der Waals surface area (Å²) in [4.78, 5) is 43.4. The quantitative estimate of drug-likeness (QED) is 0.603. The van der Waals surface area contributed by atoms with Gasteiger partial charge in [0.2, 0.25) is 0 Å². The lowest BCUT2D eigenvalue weighted by Gasteiger charge is -2.13. The predicted octanol–water partition coefficient (Wildman–Crippen LogP) is 0.416. The Labute approximate surface area is 138 Å². The number of nitrogens with zero attached hydrogens (tertiary/aromatic N) is 4. The maximum atomic E-state index is 12.0. The van der Waals surface area contributed by atoms with Gasteiger partial charge in [0.05, 0.1) is 17.0 Å². The minimum atomic E-state index is -0.849. The average Bonchev–Trinajstić information content (AvgIpc) is 2.84. The van der Waals surface area contributed by atoms with Gasteiger partial charge < -0.3 is 10.6 Å². The number of hydrogen-bond acceptors (Lipinski definition) is 5. The Hall–Kier alpha value is -3.10. The van der Waals surface area contributed by atoms with Gasteiger partial charge in [0.1, 0.15) is 5.82 Å². The number of carbonyl (C=O) groups is 3. The number of aliphatic imine (C=N–C) groups is 2. The van der Waals surface area contributed by atoms with Crippen molar-refractivity contribution in [1.82, 2.24) is 15.1 Å². The Morgan fingerprint density at radius 2 is 1.88 bits per heavy atom. The average molecular weight is 330 g/mol. The number of nitrogens with one attached hydrogen (secondary N) is 2. The van der Waals surface area contributed by atoms with Crippen LogP contribution in [0.4, 0.5) is 5.82 Å². The van der Waals surface area contributed by atoms with E-state index in [-0.39, 0.29) is 23.4 Å². The molecule has 2 N–H and O–H groups in total. The number of anilines is 1. The molecule has 0 aromatic carbocycles. The van der Waals surface area contributed by atoms with Crippen LogP contribution in [0.15, 0.2) is 28.2 Å². The zero-order valence-electron chi connectivity index (χ0n) is 13.9. The summed E-state index contributed by atoms with van der Waals surface area (Å²) in [6, 6.07) is 1.37. The lowest BCUT2D eigenvalue weighted by Crippen LogP contribution is -2.39. The van der Waals surface area contributed by atoms with Gasteiger partial charge in [0.25, 0.3) is 11.9 Å². The first-order chi connectivity index (χ1) is 11.2. The zero-order valence-corrected chi connectivity index (χ0v) is 13.9. The smallest absolute Gasteiger partial charge is 0.314 e. The number of rotatable bonds is 2. The van der Waals surface area contributed by atoms with Gasteiger partial charge in [0.15, 0.2) is 0 Å². The Bertz CT molecular complexity index is 800. The first-order valence-corrected chi connectivity index (χ1v) is 7.25. The van der Waals surface area contributed by atoms with Gasteiger partial charge in [-0.3, -0.25) is 14.4 Å². The van der Waals surface area contributed by atoms with Crippen LogP contribution in [0.3, 0.4) is 0 Å². The summed E-state index contributed by atoms with van der Waals surface area (Å²) in [5, 5.41) is 9.08. The second-order valence-electron chi connectivity index (χ2n) is 5.56. The first kappa shape index (κ1) is 17.3. The molecular weight excluding hydrogens is 312 g/mol. The summed E-state index contributed by atoms with van der Waals surface area (Å²) in [7, 11) is 0. The van der Waals surface area contributed by atoms with E-state index >= 15 is 0 Å². The molecule has 0 atom stereocenters. The Balaban J connectivity index is 2.30. The topological polar surface area (TPSA) is 118 Å². The maximum absolute atomic E-state index is 12.0. The number of carbonyl (C=O) groups excluding carboxylic acids is 3. The third-order valence-corrected chi connectivity index (χ3v) is 3.05. The lowest BCUT2D eigenvalue weighted by molar-refractivity contribution is -0.136. The van der Waals surface area contributed by atoms with Crippen molar-refractivity contribution in [3.05, 3.63) is 23.9 Å². The molecule has 9 heteroatoms. The summed E-state index contributed by atoms with van der Waals surface area (Å²) in [6.07, 6.45) is 0. The maximum Gasteiger partial charge on any atom is 0.314 e.